The van der Waals surface area contributed by atoms with Gasteiger partial charge in [0.15, 0.2) is 0 Å². The summed E-state index contributed by atoms with van der Waals surface area (Å²) < 4.78 is 5.67. The molecule has 3 aromatic rings. The van der Waals surface area contributed by atoms with Crippen molar-refractivity contribution in [2.24, 2.45) is 0 Å². The summed E-state index contributed by atoms with van der Waals surface area (Å²) in [7, 11) is 0. The van der Waals surface area contributed by atoms with Gasteiger partial charge in [0.1, 0.15) is 34.9 Å². The van der Waals surface area contributed by atoms with Crippen LogP contribution in [0.25, 0.3) is 0 Å². The Morgan fingerprint density at radius 2 is 2.00 bits per heavy atom. The van der Waals surface area contributed by atoms with Crippen LogP contribution in [0.4, 0.5) is 11.5 Å². The van der Waals surface area contributed by atoms with E-state index in [1.54, 1.807) is 12.3 Å². The fraction of sp³-hybridized carbons (Fsp3) is 0.417. The molecule has 160 valence electrons. The first kappa shape index (κ1) is 21.0. The van der Waals surface area contributed by atoms with Gasteiger partial charge in [-0.2, -0.15) is 5.26 Å². The smallest absolute Gasteiger partial charge is 0.140 e. The normalized spacial score (nSPS) is 15.0. The molecule has 4 heterocycles. The number of rotatable bonds is 7. The first-order chi connectivity index (χ1) is 15.1. The van der Waals surface area contributed by atoms with Gasteiger partial charge in [-0.05, 0) is 77.0 Å². The van der Waals surface area contributed by atoms with Crippen LogP contribution in [-0.2, 0) is 6.42 Å². The average molecular weight is 417 g/mol. The Morgan fingerprint density at radius 3 is 2.68 bits per heavy atom. The molecule has 4 rings (SSSR count). The van der Waals surface area contributed by atoms with Gasteiger partial charge in [0.25, 0.3) is 0 Å². The maximum Gasteiger partial charge on any atom is 0.140 e. The van der Waals surface area contributed by atoms with E-state index in [9.17, 15) is 0 Å². The van der Waals surface area contributed by atoms with Crippen LogP contribution in [0.15, 0.2) is 40.9 Å². The minimum Gasteiger partial charge on any atom is -0.466 e. The molecule has 0 radical (unpaired) electrons. The van der Waals surface area contributed by atoms with Crippen molar-refractivity contribution in [2.45, 2.75) is 45.4 Å². The van der Waals surface area contributed by atoms with Crippen molar-refractivity contribution in [1.82, 2.24) is 19.9 Å². The van der Waals surface area contributed by atoms with E-state index < -0.39 is 0 Å². The van der Waals surface area contributed by atoms with Gasteiger partial charge in [-0.25, -0.2) is 15.0 Å². The first-order valence-electron chi connectivity index (χ1n) is 10.9. The largest absolute Gasteiger partial charge is 0.466 e. The fourth-order valence-electron chi connectivity index (χ4n) is 4.09. The van der Waals surface area contributed by atoms with E-state index in [0.717, 1.165) is 79.9 Å². The van der Waals surface area contributed by atoms with Crippen molar-refractivity contribution >= 4 is 11.5 Å². The number of nitriles is 1. The number of pyridine rings is 1. The number of nitrogens with zero attached hydrogens (tertiary/aromatic N) is 5. The number of piperidine rings is 1. The number of furan rings is 1. The SMILES string of the molecule is Cc1nc(Nc2ccc(C#N)nc2)cc(C2CCN(CCCc3ccc(C)o3)CC2)n1. The van der Waals surface area contributed by atoms with Crippen LogP contribution < -0.4 is 5.32 Å². The van der Waals surface area contributed by atoms with Crippen molar-refractivity contribution < 1.29 is 4.42 Å². The van der Waals surface area contributed by atoms with Gasteiger partial charge in [0, 0.05) is 24.1 Å². The lowest BCUT2D eigenvalue weighted by molar-refractivity contribution is 0.207. The number of likely N-dealkylation sites (tertiary alicyclic amines) is 1. The number of hydrogen-bond acceptors (Lipinski definition) is 7. The van der Waals surface area contributed by atoms with Crippen molar-refractivity contribution in [3.05, 3.63) is 65.3 Å². The topological polar surface area (TPSA) is 90.9 Å². The van der Waals surface area contributed by atoms with E-state index in [0.29, 0.717) is 11.6 Å². The molecule has 1 fully saturated rings. The third-order valence-electron chi connectivity index (χ3n) is 5.71. The van der Waals surface area contributed by atoms with Crippen LogP contribution in [0.3, 0.4) is 0 Å². The Labute approximate surface area is 183 Å². The number of aromatic nitrogens is 3. The van der Waals surface area contributed by atoms with Crippen molar-refractivity contribution in [3.63, 3.8) is 0 Å². The second kappa shape index (κ2) is 9.71. The molecule has 1 N–H and O–H groups in total. The molecule has 1 aliphatic heterocycles. The molecule has 0 saturated carbocycles. The molecular weight excluding hydrogens is 388 g/mol. The predicted molar refractivity (Wildman–Crippen MR) is 119 cm³/mol. The number of aryl methyl sites for hydroxylation is 3. The highest BCUT2D eigenvalue weighted by Crippen LogP contribution is 2.29. The summed E-state index contributed by atoms with van der Waals surface area (Å²) in [6.07, 6.45) is 5.98. The van der Waals surface area contributed by atoms with E-state index in [1.165, 1.54) is 0 Å². The quantitative estimate of drug-likeness (QED) is 0.606. The minimum atomic E-state index is 0.399. The van der Waals surface area contributed by atoms with Gasteiger partial charge in [-0.15, -0.1) is 0 Å². The first-order valence-corrected chi connectivity index (χ1v) is 10.9. The molecule has 0 spiro atoms. The zero-order valence-corrected chi connectivity index (χ0v) is 18.1. The highest BCUT2D eigenvalue weighted by molar-refractivity contribution is 5.55. The molecule has 0 aliphatic carbocycles. The van der Waals surface area contributed by atoms with Crippen LogP contribution in [0.5, 0.6) is 0 Å². The molecule has 0 bridgehead atoms. The van der Waals surface area contributed by atoms with Crippen LogP contribution in [0.1, 0.15) is 53.9 Å². The minimum absolute atomic E-state index is 0.399. The van der Waals surface area contributed by atoms with Gasteiger partial charge in [0.2, 0.25) is 0 Å². The Balaban J connectivity index is 1.31. The van der Waals surface area contributed by atoms with Crippen molar-refractivity contribution in [1.29, 1.82) is 5.26 Å². The Bertz CT molecular complexity index is 1040. The molecule has 7 heteroatoms. The molecule has 1 aliphatic rings. The van der Waals surface area contributed by atoms with Crippen molar-refractivity contribution in [3.8, 4) is 6.07 Å². The summed E-state index contributed by atoms with van der Waals surface area (Å²) in [6, 6.07) is 11.7. The van der Waals surface area contributed by atoms with Crippen LogP contribution in [0, 0.1) is 25.2 Å². The Kier molecular flexibility index (Phi) is 6.58. The van der Waals surface area contributed by atoms with Crippen molar-refractivity contribution in [2.75, 3.05) is 25.0 Å². The molecule has 0 amide bonds. The standard InChI is InChI=1S/C24H28N6O/c1-17-5-8-22(31-17)4-3-11-30-12-9-19(10-13-30)23-14-24(28-18(2)27-23)29-21-7-6-20(15-25)26-16-21/h5-8,14,16,19H,3-4,9-13H2,1-2H3,(H,27,28,29). The number of nitrogens with one attached hydrogen (secondary N) is 1. The zero-order valence-electron chi connectivity index (χ0n) is 18.1. The predicted octanol–water partition coefficient (Wildman–Crippen LogP) is 4.51. The van der Waals surface area contributed by atoms with Gasteiger partial charge < -0.3 is 14.6 Å². The molecule has 0 aromatic carbocycles. The second-order valence-corrected chi connectivity index (χ2v) is 8.13. The van der Waals surface area contributed by atoms with Crippen LogP contribution in [-0.4, -0.2) is 39.5 Å². The van der Waals surface area contributed by atoms with E-state index in [1.807, 2.05) is 38.1 Å². The summed E-state index contributed by atoms with van der Waals surface area (Å²) in [5.74, 6) is 4.05. The third-order valence-corrected chi connectivity index (χ3v) is 5.71. The fourth-order valence-corrected chi connectivity index (χ4v) is 4.09. The lowest BCUT2D eigenvalue weighted by Crippen LogP contribution is -2.34. The van der Waals surface area contributed by atoms with E-state index in [-0.39, 0.29) is 0 Å². The lowest BCUT2D eigenvalue weighted by atomic mass is 9.93. The molecule has 7 nitrogen and oxygen atoms in total. The Hall–Kier alpha value is -3.24. The van der Waals surface area contributed by atoms with Gasteiger partial charge in [0.05, 0.1) is 11.9 Å². The number of hydrogen-bond donors (Lipinski definition) is 1. The second-order valence-electron chi connectivity index (χ2n) is 8.13. The molecular formula is C24H28N6O. The van der Waals surface area contributed by atoms with Crippen LogP contribution >= 0.6 is 0 Å². The summed E-state index contributed by atoms with van der Waals surface area (Å²) in [6.45, 7) is 7.21. The Morgan fingerprint density at radius 1 is 1.16 bits per heavy atom. The van der Waals surface area contributed by atoms with E-state index in [4.69, 9.17) is 14.7 Å². The van der Waals surface area contributed by atoms with E-state index >= 15 is 0 Å². The van der Waals surface area contributed by atoms with Gasteiger partial charge in [-0.1, -0.05) is 0 Å². The van der Waals surface area contributed by atoms with E-state index in [2.05, 4.69) is 26.3 Å². The summed E-state index contributed by atoms with van der Waals surface area (Å²) in [4.78, 5) is 15.9. The molecule has 1 saturated heterocycles. The summed E-state index contributed by atoms with van der Waals surface area (Å²) in [5.41, 5.74) is 2.31. The van der Waals surface area contributed by atoms with Gasteiger partial charge in [-0.3, -0.25) is 0 Å². The monoisotopic (exact) mass is 416 g/mol. The molecule has 31 heavy (non-hydrogen) atoms. The molecule has 0 unspecified atom stereocenters. The maximum atomic E-state index is 8.89. The highest BCUT2D eigenvalue weighted by atomic mass is 16.3. The average Bonchev–Trinajstić information content (AvgIpc) is 3.19. The molecule has 0 atom stereocenters. The summed E-state index contributed by atoms with van der Waals surface area (Å²) >= 11 is 0. The van der Waals surface area contributed by atoms with Crippen LogP contribution in [0.2, 0.25) is 0 Å². The zero-order chi connectivity index (χ0) is 21.6. The van der Waals surface area contributed by atoms with Gasteiger partial charge >= 0.3 is 0 Å². The summed E-state index contributed by atoms with van der Waals surface area (Å²) in [5, 5.41) is 12.2. The molecule has 3 aromatic heterocycles. The third kappa shape index (κ3) is 5.68. The lowest BCUT2D eigenvalue weighted by Gasteiger charge is -2.31. The highest BCUT2D eigenvalue weighted by Gasteiger charge is 2.22. The maximum absolute atomic E-state index is 8.89. The number of anilines is 2.